The summed E-state index contributed by atoms with van der Waals surface area (Å²) in [5.41, 5.74) is 11.7. The highest BCUT2D eigenvalue weighted by atomic mass is 16.3. The molecule has 3 rings (SSSR count). The molecule has 0 aromatic heterocycles. The SMILES string of the molecule is CCC(C)CC(C)CCCCCCCCC(=O)NC(CC(O)C(O)NC(=O)C1C(O)CCN1C(=O)C(NC(=O)C(N)C(O)C(O)c1ccc(O)cc1)C(O)CCN)C(=O)NC(C(=O)N1CC(O)CC1C)C(C)O. The first-order valence-electron chi connectivity index (χ1n) is 25.9. The molecule has 2 aliphatic rings. The smallest absolute Gasteiger partial charge is 0.248 e. The maximum Gasteiger partial charge on any atom is 0.248 e. The number of aliphatic hydroxyl groups excluding tert-OH is 8. The zero-order valence-corrected chi connectivity index (χ0v) is 43.1. The molecule has 0 aliphatic carbocycles. The topological polar surface area (TPSA) is 391 Å². The van der Waals surface area contributed by atoms with E-state index in [0.717, 1.165) is 49.8 Å². The molecule has 73 heavy (non-hydrogen) atoms. The van der Waals surface area contributed by atoms with Gasteiger partial charge in [0, 0.05) is 32.0 Å². The normalized spacial score (nSPS) is 22.9. The summed E-state index contributed by atoms with van der Waals surface area (Å²) in [4.78, 5) is 84.2. The van der Waals surface area contributed by atoms with Crippen LogP contribution in [0, 0.1) is 11.8 Å². The first-order chi connectivity index (χ1) is 34.4. The number of nitrogens with zero attached hydrogens (tertiary/aromatic N) is 2. The van der Waals surface area contributed by atoms with Crippen LogP contribution in [0.1, 0.15) is 136 Å². The fourth-order valence-electron chi connectivity index (χ4n) is 9.43. The van der Waals surface area contributed by atoms with E-state index in [9.17, 15) is 74.7 Å². The molecule has 6 amide bonds. The Morgan fingerprint density at radius 3 is 1.93 bits per heavy atom. The molecule has 16 unspecified atom stereocenters. The molecule has 2 heterocycles. The maximum atomic E-state index is 14.1. The monoisotopic (exact) mass is 1040 g/mol. The van der Waals surface area contributed by atoms with Crippen molar-refractivity contribution in [2.45, 2.75) is 210 Å². The van der Waals surface area contributed by atoms with Crippen LogP contribution in [-0.2, 0) is 28.8 Å². The van der Waals surface area contributed by atoms with Gasteiger partial charge in [0.1, 0.15) is 54.3 Å². The number of hydrogen-bond donors (Lipinski definition) is 15. The average molecular weight is 1040 g/mol. The Morgan fingerprint density at radius 1 is 0.740 bits per heavy atom. The van der Waals surface area contributed by atoms with Crippen molar-refractivity contribution < 1.29 is 74.7 Å². The van der Waals surface area contributed by atoms with Crippen LogP contribution in [0.5, 0.6) is 5.75 Å². The fourth-order valence-corrected chi connectivity index (χ4v) is 9.43. The van der Waals surface area contributed by atoms with Gasteiger partial charge in [-0.15, -0.1) is 0 Å². The van der Waals surface area contributed by atoms with Gasteiger partial charge >= 0.3 is 0 Å². The van der Waals surface area contributed by atoms with Crippen LogP contribution in [0.3, 0.4) is 0 Å². The summed E-state index contributed by atoms with van der Waals surface area (Å²) < 4.78 is 0. The lowest BCUT2D eigenvalue weighted by atomic mass is 9.91. The summed E-state index contributed by atoms with van der Waals surface area (Å²) in [5.74, 6) is -4.61. The maximum absolute atomic E-state index is 14.1. The number of aromatic hydroxyl groups is 1. The van der Waals surface area contributed by atoms with Gasteiger partial charge in [0.15, 0.2) is 6.23 Å². The van der Waals surface area contributed by atoms with Crippen LogP contribution in [0.2, 0.25) is 0 Å². The molecule has 23 nitrogen and oxygen atoms in total. The van der Waals surface area contributed by atoms with Crippen LogP contribution in [0.4, 0.5) is 0 Å². The second-order valence-electron chi connectivity index (χ2n) is 20.4. The van der Waals surface area contributed by atoms with Gasteiger partial charge in [-0.05, 0) is 82.0 Å². The predicted molar refractivity (Wildman–Crippen MR) is 267 cm³/mol. The van der Waals surface area contributed by atoms with E-state index < -0.39 is 127 Å². The van der Waals surface area contributed by atoms with Crippen molar-refractivity contribution in [3.8, 4) is 5.75 Å². The molecule has 17 N–H and O–H groups in total. The van der Waals surface area contributed by atoms with E-state index >= 15 is 0 Å². The standard InChI is InChI=1S/C50H86N8O15/c1-6-27(2)23-28(3)13-11-9-7-8-10-12-14-38(65)53-34(45(68)54-40(30(5)59)49(72)58-26-33(61)24-29(58)4)25-37(64)46(69)56-48(71)42-36(63)20-22-57(42)50(73)41(35(62)19-21-51)55-47(70)39(52)44(67)43(66)31-15-17-32(60)18-16-31/h15-18,27-30,33-37,39-44,46,59-64,66-67,69H,6-14,19-26,51-52H2,1-5H3,(H,53,65)(H,54,68)(H,55,70)(H,56,71). The summed E-state index contributed by atoms with van der Waals surface area (Å²) in [6.07, 6.45) is -5.61. The summed E-state index contributed by atoms with van der Waals surface area (Å²) in [6, 6.07) is -4.12. The number of likely N-dealkylation sites (tertiary alicyclic amines) is 2. The highest BCUT2D eigenvalue weighted by molar-refractivity contribution is 5.95. The molecular formula is C50H86N8O15. The van der Waals surface area contributed by atoms with E-state index in [4.69, 9.17) is 11.5 Å². The van der Waals surface area contributed by atoms with Gasteiger partial charge in [-0.25, -0.2) is 0 Å². The summed E-state index contributed by atoms with van der Waals surface area (Å²) in [6.45, 7) is 9.17. The molecule has 23 heteroatoms. The number of amides is 6. The van der Waals surface area contributed by atoms with E-state index in [2.05, 4.69) is 42.0 Å². The zero-order chi connectivity index (χ0) is 54.7. The highest BCUT2D eigenvalue weighted by Crippen LogP contribution is 2.25. The van der Waals surface area contributed by atoms with Crippen molar-refractivity contribution in [2.24, 2.45) is 23.3 Å². The van der Waals surface area contributed by atoms with Crippen LogP contribution in [0.15, 0.2) is 24.3 Å². The van der Waals surface area contributed by atoms with Gasteiger partial charge in [0.05, 0.1) is 24.4 Å². The summed E-state index contributed by atoms with van der Waals surface area (Å²) >= 11 is 0. The van der Waals surface area contributed by atoms with Crippen LogP contribution < -0.4 is 32.7 Å². The number of carbonyl (C=O) groups is 6. The number of phenolic OH excluding ortho intramolecular Hbond substituents is 1. The number of nitrogens with two attached hydrogens (primary N) is 2. The van der Waals surface area contributed by atoms with Gasteiger partial charge in [-0.1, -0.05) is 77.8 Å². The van der Waals surface area contributed by atoms with Gasteiger partial charge in [0.2, 0.25) is 35.4 Å². The number of benzene rings is 1. The molecule has 0 spiro atoms. The van der Waals surface area contributed by atoms with Crippen molar-refractivity contribution in [1.82, 2.24) is 31.1 Å². The number of β-amino-alcohol motifs (C(OH)–C–C–N with tert-alkyl or cyclic N) is 1. The molecule has 1 aromatic rings. The minimum absolute atomic E-state index is 0.00775. The Balaban J connectivity index is 1.73. The highest BCUT2D eigenvalue weighted by Gasteiger charge is 2.46. The minimum Gasteiger partial charge on any atom is -0.508 e. The number of hydrogen-bond acceptors (Lipinski definition) is 17. The van der Waals surface area contributed by atoms with E-state index in [1.807, 2.05) is 0 Å². The first-order valence-corrected chi connectivity index (χ1v) is 25.9. The number of rotatable bonds is 31. The largest absolute Gasteiger partial charge is 0.508 e. The lowest BCUT2D eigenvalue weighted by molar-refractivity contribution is -0.148. The number of unbranched alkanes of at least 4 members (excludes halogenated alkanes) is 5. The van der Waals surface area contributed by atoms with Gasteiger partial charge in [0.25, 0.3) is 0 Å². The minimum atomic E-state index is -2.21. The summed E-state index contributed by atoms with van der Waals surface area (Å²) in [7, 11) is 0. The van der Waals surface area contributed by atoms with Crippen LogP contribution >= 0.6 is 0 Å². The third-order valence-electron chi connectivity index (χ3n) is 14.1. The number of carbonyl (C=O) groups excluding carboxylic acids is 6. The van der Waals surface area contributed by atoms with E-state index in [1.165, 1.54) is 42.5 Å². The van der Waals surface area contributed by atoms with Crippen LogP contribution in [-0.4, -0.2) is 190 Å². The lowest BCUT2D eigenvalue weighted by Gasteiger charge is -2.33. The predicted octanol–water partition coefficient (Wildman–Crippen LogP) is -2.02. The van der Waals surface area contributed by atoms with Crippen molar-refractivity contribution in [3.05, 3.63) is 29.8 Å². The first kappa shape index (κ1) is 62.7. The van der Waals surface area contributed by atoms with Gasteiger partial charge in [-0.3, -0.25) is 28.8 Å². The van der Waals surface area contributed by atoms with Crippen molar-refractivity contribution in [3.63, 3.8) is 0 Å². The summed E-state index contributed by atoms with van der Waals surface area (Å²) in [5, 5.41) is 106. The average Bonchev–Trinajstić information content (AvgIpc) is 3.91. The lowest BCUT2D eigenvalue weighted by Crippen LogP contribution is -2.62. The Hall–Kier alpha value is -4.56. The molecule has 2 saturated heterocycles. The molecule has 416 valence electrons. The third kappa shape index (κ3) is 19.3. The third-order valence-corrected chi connectivity index (χ3v) is 14.1. The number of aliphatic hydroxyl groups is 8. The van der Waals surface area contributed by atoms with Crippen molar-refractivity contribution >= 4 is 35.4 Å². The van der Waals surface area contributed by atoms with Crippen molar-refractivity contribution in [2.75, 3.05) is 19.6 Å². The van der Waals surface area contributed by atoms with Gasteiger partial charge in [-0.2, -0.15) is 0 Å². The molecule has 0 saturated carbocycles. The number of nitrogens with one attached hydrogen (secondary N) is 4. The van der Waals surface area contributed by atoms with E-state index in [-0.39, 0.29) is 56.6 Å². The fraction of sp³-hybridized carbons (Fsp3) is 0.760. The molecule has 0 radical (unpaired) electrons. The Kier molecular flexibility index (Phi) is 26.4. The second kappa shape index (κ2) is 30.7. The van der Waals surface area contributed by atoms with E-state index in [0.29, 0.717) is 18.3 Å². The van der Waals surface area contributed by atoms with Gasteiger partial charge < -0.3 is 88.5 Å². The van der Waals surface area contributed by atoms with E-state index in [1.54, 1.807) is 6.92 Å². The molecule has 2 aliphatic heterocycles. The Morgan fingerprint density at radius 2 is 1.34 bits per heavy atom. The second-order valence-corrected chi connectivity index (χ2v) is 20.4. The Labute approximate surface area is 428 Å². The quantitative estimate of drug-likeness (QED) is 0.0282. The van der Waals surface area contributed by atoms with Crippen LogP contribution in [0.25, 0.3) is 0 Å². The zero-order valence-electron chi connectivity index (χ0n) is 43.1. The molecular weight excluding hydrogens is 953 g/mol. The van der Waals surface area contributed by atoms with Crippen molar-refractivity contribution in [1.29, 1.82) is 0 Å². The number of phenols is 1. The molecule has 1 aromatic carbocycles. The molecule has 2 fully saturated rings. The Bertz CT molecular complexity index is 1900. The molecule has 16 atom stereocenters. The molecule has 0 bridgehead atoms.